The molecule has 2 aromatic carbocycles. The number of nitrogens with one attached hydrogen (secondary N) is 1. The van der Waals surface area contributed by atoms with E-state index in [1.54, 1.807) is 54.7 Å². The highest BCUT2D eigenvalue weighted by molar-refractivity contribution is 7.91. The maximum absolute atomic E-state index is 13.4. The second kappa shape index (κ2) is 10.7. The summed E-state index contributed by atoms with van der Waals surface area (Å²) in [7, 11) is -2.37. The van der Waals surface area contributed by atoms with Gasteiger partial charge < -0.3 is 10.1 Å². The molecule has 2 heterocycles. The van der Waals surface area contributed by atoms with E-state index >= 15 is 0 Å². The maximum atomic E-state index is 13.4. The molecule has 0 saturated heterocycles. The summed E-state index contributed by atoms with van der Waals surface area (Å²) < 4.78 is 31.9. The SMILES string of the molecule is COc1ccc(S(=O)(=O)C(CNC(=O)CCCN2C(=O)c3ccccc3C2=O)c2cccnc2)cc1. The number of hydrogen-bond acceptors (Lipinski definition) is 7. The second-order valence-electron chi connectivity index (χ2n) is 8.21. The fraction of sp³-hybridized carbons (Fsp3) is 0.231. The summed E-state index contributed by atoms with van der Waals surface area (Å²) in [6, 6.07) is 15.9. The Morgan fingerprint density at radius 1 is 1.00 bits per heavy atom. The molecular formula is C26H25N3O6S. The fourth-order valence-corrected chi connectivity index (χ4v) is 5.68. The number of carbonyl (C=O) groups excluding carboxylic acids is 3. The predicted octanol–water partition coefficient (Wildman–Crippen LogP) is 2.80. The highest BCUT2D eigenvalue weighted by Crippen LogP contribution is 2.29. The Hall–Kier alpha value is -4.05. The van der Waals surface area contributed by atoms with E-state index in [9.17, 15) is 22.8 Å². The van der Waals surface area contributed by atoms with E-state index in [-0.39, 0.29) is 48.5 Å². The van der Waals surface area contributed by atoms with Crippen molar-refractivity contribution in [3.05, 3.63) is 89.7 Å². The average Bonchev–Trinajstić information content (AvgIpc) is 3.14. The molecule has 1 unspecified atom stereocenters. The molecule has 0 saturated carbocycles. The molecule has 1 aliphatic rings. The lowest BCUT2D eigenvalue weighted by Crippen LogP contribution is -2.34. The van der Waals surface area contributed by atoms with E-state index < -0.39 is 15.1 Å². The first kappa shape index (κ1) is 25.1. The minimum atomic E-state index is -3.86. The van der Waals surface area contributed by atoms with Crippen molar-refractivity contribution in [3.63, 3.8) is 0 Å². The van der Waals surface area contributed by atoms with Crippen molar-refractivity contribution in [2.45, 2.75) is 23.0 Å². The summed E-state index contributed by atoms with van der Waals surface area (Å²) in [6.07, 6.45) is 3.27. The third-order valence-electron chi connectivity index (χ3n) is 5.97. The van der Waals surface area contributed by atoms with E-state index in [0.717, 1.165) is 4.90 Å². The summed E-state index contributed by atoms with van der Waals surface area (Å²) in [5.74, 6) is -0.611. The molecule has 1 N–H and O–H groups in total. The Kier molecular flexibility index (Phi) is 7.44. The molecular weight excluding hydrogens is 482 g/mol. The number of methoxy groups -OCH3 is 1. The van der Waals surface area contributed by atoms with Crippen molar-refractivity contribution in [2.75, 3.05) is 20.2 Å². The normalized spacial score (nSPS) is 13.9. The van der Waals surface area contributed by atoms with Crippen molar-refractivity contribution in [3.8, 4) is 5.75 Å². The van der Waals surface area contributed by atoms with E-state index in [0.29, 0.717) is 22.4 Å². The molecule has 0 radical (unpaired) electrons. The monoisotopic (exact) mass is 507 g/mol. The fourth-order valence-electron chi connectivity index (χ4n) is 4.04. The van der Waals surface area contributed by atoms with Crippen molar-refractivity contribution < 1.29 is 27.5 Å². The van der Waals surface area contributed by atoms with E-state index in [4.69, 9.17) is 4.74 Å². The maximum Gasteiger partial charge on any atom is 0.261 e. The highest BCUT2D eigenvalue weighted by atomic mass is 32.2. The number of hydrogen-bond donors (Lipinski definition) is 1. The smallest absolute Gasteiger partial charge is 0.261 e. The minimum absolute atomic E-state index is 0.0236. The van der Waals surface area contributed by atoms with Crippen LogP contribution in [0.2, 0.25) is 0 Å². The second-order valence-corrected chi connectivity index (χ2v) is 10.3. The minimum Gasteiger partial charge on any atom is -0.497 e. The standard InChI is InChI=1S/C26H25N3O6S/c1-35-19-10-12-20(13-11-19)36(33,34)23(18-6-4-14-27-16-18)17-28-24(30)9-5-15-29-25(31)21-7-2-3-8-22(21)26(29)32/h2-4,6-8,10-14,16,23H,5,9,15,17H2,1H3,(H,28,30). The average molecular weight is 508 g/mol. The number of benzene rings is 2. The van der Waals surface area contributed by atoms with E-state index in [1.807, 2.05) is 0 Å². The molecule has 3 aromatic rings. The number of pyridine rings is 1. The first-order valence-corrected chi connectivity index (χ1v) is 12.9. The lowest BCUT2D eigenvalue weighted by atomic mass is 10.1. The molecule has 1 aromatic heterocycles. The lowest BCUT2D eigenvalue weighted by Gasteiger charge is -2.19. The van der Waals surface area contributed by atoms with Gasteiger partial charge in [-0.3, -0.25) is 24.3 Å². The van der Waals surface area contributed by atoms with Crippen molar-refractivity contribution >= 4 is 27.6 Å². The molecule has 4 rings (SSSR count). The first-order chi connectivity index (χ1) is 17.3. The number of rotatable bonds is 10. The number of imide groups is 1. The van der Waals surface area contributed by atoms with Crippen LogP contribution in [0.5, 0.6) is 5.75 Å². The van der Waals surface area contributed by atoms with Gasteiger partial charge in [-0.2, -0.15) is 0 Å². The summed E-state index contributed by atoms with van der Waals surface area (Å²) in [5.41, 5.74) is 1.16. The van der Waals surface area contributed by atoms with Gasteiger partial charge in [-0.25, -0.2) is 8.42 Å². The Labute approximate surface area is 209 Å². The largest absolute Gasteiger partial charge is 0.497 e. The Bertz CT molecular complexity index is 1340. The number of ether oxygens (including phenoxy) is 1. The van der Waals surface area contributed by atoms with Crippen molar-refractivity contribution in [1.29, 1.82) is 0 Å². The summed E-state index contributed by atoms with van der Waals surface area (Å²) >= 11 is 0. The molecule has 0 bridgehead atoms. The van der Waals surface area contributed by atoms with Crippen LogP contribution in [0.1, 0.15) is 44.4 Å². The first-order valence-electron chi connectivity index (χ1n) is 11.3. The van der Waals surface area contributed by atoms with Crippen LogP contribution in [0.15, 0.2) is 78.0 Å². The van der Waals surface area contributed by atoms with Gasteiger partial charge in [-0.05, 0) is 54.4 Å². The van der Waals surface area contributed by atoms with Crippen LogP contribution in [0.25, 0.3) is 0 Å². The molecule has 3 amide bonds. The van der Waals surface area contributed by atoms with Crippen LogP contribution in [0.3, 0.4) is 0 Å². The topological polar surface area (TPSA) is 123 Å². The zero-order valence-electron chi connectivity index (χ0n) is 19.6. The summed E-state index contributed by atoms with van der Waals surface area (Å²) in [6.45, 7) is -0.0676. The quantitative estimate of drug-likeness (QED) is 0.419. The molecule has 1 aliphatic heterocycles. The van der Waals surface area contributed by atoms with Gasteiger partial charge in [0.25, 0.3) is 11.8 Å². The van der Waals surface area contributed by atoms with Gasteiger partial charge in [0.05, 0.1) is 23.1 Å². The molecule has 0 spiro atoms. The lowest BCUT2D eigenvalue weighted by molar-refractivity contribution is -0.121. The predicted molar refractivity (Wildman–Crippen MR) is 131 cm³/mol. The van der Waals surface area contributed by atoms with Crippen molar-refractivity contribution in [1.82, 2.24) is 15.2 Å². The number of fused-ring (bicyclic) bond motifs is 1. The van der Waals surface area contributed by atoms with Gasteiger partial charge >= 0.3 is 0 Å². The zero-order chi connectivity index (χ0) is 25.7. The molecule has 36 heavy (non-hydrogen) atoms. The van der Waals surface area contributed by atoms with Crippen molar-refractivity contribution in [2.24, 2.45) is 0 Å². The van der Waals surface area contributed by atoms with E-state index in [2.05, 4.69) is 10.3 Å². The molecule has 9 nitrogen and oxygen atoms in total. The Balaban J connectivity index is 1.39. The van der Waals surface area contributed by atoms with Gasteiger partial charge in [0.15, 0.2) is 9.84 Å². The number of amides is 3. The Morgan fingerprint density at radius 2 is 1.67 bits per heavy atom. The number of sulfone groups is 1. The van der Waals surface area contributed by atoms with Gasteiger partial charge in [0.1, 0.15) is 11.0 Å². The zero-order valence-corrected chi connectivity index (χ0v) is 20.4. The van der Waals surface area contributed by atoms with Gasteiger partial charge in [0.2, 0.25) is 5.91 Å². The van der Waals surface area contributed by atoms with Crippen LogP contribution in [-0.4, -0.2) is 56.2 Å². The molecule has 10 heteroatoms. The molecule has 186 valence electrons. The molecule has 0 aliphatic carbocycles. The number of aromatic nitrogens is 1. The van der Waals surface area contributed by atoms with Crippen LogP contribution in [0.4, 0.5) is 0 Å². The third kappa shape index (κ3) is 5.13. The summed E-state index contributed by atoms with van der Waals surface area (Å²) in [4.78, 5) is 42.7. The summed E-state index contributed by atoms with van der Waals surface area (Å²) in [5, 5.41) is 1.63. The van der Waals surface area contributed by atoms with Crippen LogP contribution >= 0.6 is 0 Å². The van der Waals surface area contributed by atoms with E-state index in [1.165, 1.54) is 25.4 Å². The van der Waals surface area contributed by atoms with Gasteiger partial charge in [0, 0.05) is 31.9 Å². The third-order valence-corrected chi connectivity index (χ3v) is 8.08. The van der Waals surface area contributed by atoms with Crippen LogP contribution in [-0.2, 0) is 14.6 Å². The van der Waals surface area contributed by atoms with Gasteiger partial charge in [-0.1, -0.05) is 18.2 Å². The molecule has 0 fully saturated rings. The highest BCUT2D eigenvalue weighted by Gasteiger charge is 2.35. The molecule has 1 atom stereocenters. The number of nitrogens with zero attached hydrogens (tertiary/aromatic N) is 2. The van der Waals surface area contributed by atoms with Crippen LogP contribution < -0.4 is 10.1 Å². The number of carbonyl (C=O) groups is 3. The van der Waals surface area contributed by atoms with Crippen LogP contribution in [0, 0.1) is 0 Å². The Morgan fingerprint density at radius 3 is 2.25 bits per heavy atom. The van der Waals surface area contributed by atoms with Gasteiger partial charge in [-0.15, -0.1) is 0 Å².